The molecule has 0 aliphatic carbocycles. The van der Waals surface area contributed by atoms with Gasteiger partial charge in [0.25, 0.3) is 5.91 Å². The zero-order chi connectivity index (χ0) is 14.8. The van der Waals surface area contributed by atoms with Crippen LogP contribution in [0.25, 0.3) is 0 Å². The molecule has 0 atom stereocenters. The maximum absolute atomic E-state index is 11.8. The average Bonchev–Trinajstić information content (AvgIpc) is 2.46. The first-order valence-corrected chi connectivity index (χ1v) is 6.84. The van der Waals surface area contributed by atoms with Crippen molar-refractivity contribution in [1.29, 1.82) is 0 Å². The molecule has 0 fully saturated rings. The van der Waals surface area contributed by atoms with E-state index in [0.717, 1.165) is 12.8 Å². The number of benzene rings is 1. The lowest BCUT2D eigenvalue weighted by Gasteiger charge is -2.09. The molecule has 2 N–H and O–H groups in total. The smallest absolute Gasteiger partial charge is 0.325 e. The van der Waals surface area contributed by atoms with Crippen molar-refractivity contribution in [3.63, 3.8) is 0 Å². The molecule has 0 heterocycles. The van der Waals surface area contributed by atoms with Crippen molar-refractivity contribution >= 4 is 29.2 Å². The highest BCUT2D eigenvalue weighted by atomic mass is 32.1. The number of hydrogen-bond donors (Lipinski definition) is 2. The maximum atomic E-state index is 11.8. The van der Waals surface area contributed by atoms with Crippen LogP contribution < -0.4 is 10.6 Å². The van der Waals surface area contributed by atoms with Crippen LogP contribution in [0.2, 0.25) is 0 Å². The zero-order valence-electron chi connectivity index (χ0n) is 11.3. The number of hydrogen-bond acceptors (Lipinski definition) is 4. The van der Waals surface area contributed by atoms with E-state index in [9.17, 15) is 9.59 Å². The molecule has 1 aromatic rings. The van der Waals surface area contributed by atoms with Crippen molar-refractivity contribution in [2.75, 3.05) is 13.2 Å². The number of thiocarbonyl (C=S) groups is 1. The molecule has 0 aromatic heterocycles. The lowest BCUT2D eigenvalue weighted by Crippen LogP contribution is -2.41. The number of nitrogens with one attached hydrogen (secondary N) is 2. The third-order valence-electron chi connectivity index (χ3n) is 2.42. The molecule has 1 amide bonds. The molecule has 0 saturated heterocycles. The van der Waals surface area contributed by atoms with Crippen molar-refractivity contribution in [1.82, 2.24) is 10.6 Å². The van der Waals surface area contributed by atoms with Gasteiger partial charge in [0.05, 0.1) is 6.61 Å². The molecule has 0 bridgehead atoms. The van der Waals surface area contributed by atoms with Gasteiger partial charge in [-0.1, -0.05) is 31.5 Å². The number of carbonyl (C=O) groups is 2. The van der Waals surface area contributed by atoms with Crippen LogP contribution in [0.3, 0.4) is 0 Å². The van der Waals surface area contributed by atoms with Crippen LogP contribution in [0, 0.1) is 0 Å². The summed E-state index contributed by atoms with van der Waals surface area (Å²) in [6.07, 6.45) is 1.80. The molecule has 0 spiro atoms. The van der Waals surface area contributed by atoms with Gasteiger partial charge in [-0.2, -0.15) is 0 Å². The molecule has 0 saturated carbocycles. The number of rotatable bonds is 6. The van der Waals surface area contributed by atoms with Crippen molar-refractivity contribution in [3.8, 4) is 0 Å². The highest BCUT2D eigenvalue weighted by molar-refractivity contribution is 7.80. The van der Waals surface area contributed by atoms with Gasteiger partial charge in [-0.15, -0.1) is 0 Å². The van der Waals surface area contributed by atoms with Crippen LogP contribution in [-0.2, 0) is 9.53 Å². The van der Waals surface area contributed by atoms with E-state index in [4.69, 9.17) is 17.0 Å². The largest absolute Gasteiger partial charge is 0.464 e. The standard InChI is InChI=1S/C14H18N2O3S/c1-2-3-9-19-12(17)10-15-14(20)16-13(18)11-7-5-4-6-8-11/h4-8H,2-3,9-10H2,1H3,(H2,15,16,18,20). The van der Waals surface area contributed by atoms with E-state index >= 15 is 0 Å². The topological polar surface area (TPSA) is 67.4 Å². The van der Waals surface area contributed by atoms with E-state index in [1.54, 1.807) is 24.3 Å². The SMILES string of the molecule is CCCCOC(=O)CNC(=S)NC(=O)c1ccccc1. The monoisotopic (exact) mass is 294 g/mol. The molecule has 1 rings (SSSR count). The lowest BCUT2D eigenvalue weighted by atomic mass is 10.2. The van der Waals surface area contributed by atoms with Gasteiger partial charge in [-0.25, -0.2) is 0 Å². The first-order valence-electron chi connectivity index (χ1n) is 6.43. The quantitative estimate of drug-likeness (QED) is 0.474. The Balaban J connectivity index is 2.27. The van der Waals surface area contributed by atoms with Crippen LogP contribution in [0.1, 0.15) is 30.1 Å². The minimum atomic E-state index is -0.394. The number of carbonyl (C=O) groups excluding carboxylic acids is 2. The van der Waals surface area contributed by atoms with E-state index < -0.39 is 5.97 Å². The normalized spacial score (nSPS) is 9.65. The highest BCUT2D eigenvalue weighted by Gasteiger charge is 2.08. The van der Waals surface area contributed by atoms with Crippen molar-refractivity contribution in [3.05, 3.63) is 35.9 Å². The molecule has 1 aromatic carbocycles. The predicted octanol–water partition coefficient (Wildman–Crippen LogP) is 1.63. The second-order valence-electron chi connectivity index (χ2n) is 4.08. The molecule has 6 heteroatoms. The van der Waals surface area contributed by atoms with E-state index in [2.05, 4.69) is 10.6 Å². The summed E-state index contributed by atoms with van der Waals surface area (Å²) in [6.45, 7) is 2.36. The van der Waals surface area contributed by atoms with Gasteiger partial charge in [0.1, 0.15) is 6.54 Å². The minimum absolute atomic E-state index is 0.0579. The van der Waals surface area contributed by atoms with Crippen LogP contribution in [-0.4, -0.2) is 30.1 Å². The van der Waals surface area contributed by atoms with E-state index in [0.29, 0.717) is 12.2 Å². The third-order valence-corrected chi connectivity index (χ3v) is 2.66. The Bertz CT molecular complexity index is 463. The Morgan fingerprint density at radius 1 is 1.25 bits per heavy atom. The molecule has 0 unspecified atom stereocenters. The van der Waals surface area contributed by atoms with E-state index in [1.165, 1.54) is 0 Å². The summed E-state index contributed by atoms with van der Waals surface area (Å²) in [7, 11) is 0. The fourth-order valence-electron chi connectivity index (χ4n) is 1.34. The number of unbranched alkanes of at least 4 members (excludes halogenated alkanes) is 1. The van der Waals surface area contributed by atoms with E-state index in [-0.39, 0.29) is 17.6 Å². The molecular formula is C14H18N2O3S. The predicted molar refractivity (Wildman–Crippen MR) is 80.4 cm³/mol. The van der Waals surface area contributed by atoms with Gasteiger partial charge in [0, 0.05) is 5.56 Å². The van der Waals surface area contributed by atoms with Gasteiger partial charge in [0.2, 0.25) is 0 Å². The maximum Gasteiger partial charge on any atom is 0.325 e. The van der Waals surface area contributed by atoms with Crippen LogP contribution in [0.4, 0.5) is 0 Å². The summed E-state index contributed by atoms with van der Waals surface area (Å²) in [6, 6.07) is 8.69. The molecule has 5 nitrogen and oxygen atoms in total. The number of ether oxygens (including phenoxy) is 1. The van der Waals surface area contributed by atoms with Crippen LogP contribution >= 0.6 is 12.2 Å². The molecule has 108 valence electrons. The van der Waals surface area contributed by atoms with Crippen LogP contribution in [0.15, 0.2) is 30.3 Å². The Labute approximate surface area is 123 Å². The fourth-order valence-corrected chi connectivity index (χ4v) is 1.51. The number of esters is 1. The zero-order valence-corrected chi connectivity index (χ0v) is 12.2. The number of amides is 1. The van der Waals surface area contributed by atoms with Crippen molar-refractivity contribution in [2.45, 2.75) is 19.8 Å². The first kappa shape index (κ1) is 16.1. The summed E-state index contributed by atoms with van der Waals surface area (Å²) in [4.78, 5) is 23.1. The summed E-state index contributed by atoms with van der Waals surface area (Å²) in [5.41, 5.74) is 0.502. The summed E-state index contributed by atoms with van der Waals surface area (Å²) >= 11 is 4.93. The Kier molecular flexibility index (Phi) is 7.27. The van der Waals surface area contributed by atoms with Crippen molar-refractivity contribution < 1.29 is 14.3 Å². The van der Waals surface area contributed by atoms with Gasteiger partial charge < -0.3 is 10.1 Å². The lowest BCUT2D eigenvalue weighted by molar-refractivity contribution is -0.142. The molecular weight excluding hydrogens is 276 g/mol. The molecule has 20 heavy (non-hydrogen) atoms. The minimum Gasteiger partial charge on any atom is -0.464 e. The van der Waals surface area contributed by atoms with E-state index in [1.807, 2.05) is 13.0 Å². The van der Waals surface area contributed by atoms with Gasteiger partial charge in [0.15, 0.2) is 5.11 Å². The Morgan fingerprint density at radius 3 is 2.60 bits per heavy atom. The summed E-state index contributed by atoms with van der Waals surface area (Å²) in [5, 5.41) is 5.23. The van der Waals surface area contributed by atoms with Gasteiger partial charge in [-0.05, 0) is 30.8 Å². The third kappa shape index (κ3) is 6.29. The van der Waals surface area contributed by atoms with Crippen LogP contribution in [0.5, 0.6) is 0 Å². The van der Waals surface area contributed by atoms with Crippen molar-refractivity contribution in [2.24, 2.45) is 0 Å². The first-order chi connectivity index (χ1) is 9.63. The molecule has 0 aliphatic heterocycles. The average molecular weight is 294 g/mol. The second-order valence-corrected chi connectivity index (χ2v) is 4.49. The summed E-state index contributed by atoms with van der Waals surface area (Å²) < 4.78 is 4.95. The summed E-state index contributed by atoms with van der Waals surface area (Å²) in [5.74, 6) is -0.711. The Morgan fingerprint density at radius 2 is 1.95 bits per heavy atom. The fraction of sp³-hybridized carbons (Fsp3) is 0.357. The van der Waals surface area contributed by atoms with Gasteiger partial charge >= 0.3 is 5.97 Å². The Hall–Kier alpha value is -1.95. The molecule has 0 radical (unpaired) electrons. The van der Waals surface area contributed by atoms with Gasteiger partial charge in [-0.3, -0.25) is 14.9 Å². The molecule has 0 aliphatic rings. The highest BCUT2D eigenvalue weighted by Crippen LogP contribution is 1.97. The second kappa shape index (κ2) is 9.03.